The van der Waals surface area contributed by atoms with Crippen LogP contribution in [-0.4, -0.2) is 5.78 Å². The predicted molar refractivity (Wildman–Crippen MR) is 44.3 cm³/mol. The second-order valence-corrected chi connectivity index (χ2v) is 4.17. The maximum absolute atomic E-state index is 11.7. The van der Waals surface area contributed by atoms with Crippen LogP contribution in [0.4, 0.5) is 0 Å². The molecule has 0 amide bonds. The summed E-state index contributed by atoms with van der Waals surface area (Å²) in [5.41, 5.74) is 0.180. The summed E-state index contributed by atoms with van der Waals surface area (Å²) in [5.74, 6) is 1.08. The van der Waals surface area contributed by atoms with Gasteiger partial charge in [0, 0.05) is 11.3 Å². The lowest BCUT2D eigenvalue weighted by atomic mass is 9.80. The van der Waals surface area contributed by atoms with Gasteiger partial charge in [-0.05, 0) is 32.1 Å². The van der Waals surface area contributed by atoms with Crippen LogP contribution in [0.5, 0.6) is 0 Å². The van der Waals surface area contributed by atoms with Crippen LogP contribution < -0.4 is 0 Å². The first kappa shape index (κ1) is 7.33. The van der Waals surface area contributed by atoms with Crippen LogP contribution in [0, 0.1) is 11.3 Å². The van der Waals surface area contributed by atoms with Crippen molar-refractivity contribution in [2.24, 2.45) is 11.3 Å². The highest BCUT2D eigenvalue weighted by molar-refractivity contribution is 5.91. The Labute approximate surface area is 68.2 Å². The summed E-state index contributed by atoms with van der Waals surface area (Å²) >= 11 is 0. The minimum Gasteiger partial charge on any atom is -0.299 e. The van der Waals surface area contributed by atoms with Gasteiger partial charge in [-0.3, -0.25) is 4.79 Å². The van der Waals surface area contributed by atoms with Gasteiger partial charge in [0.15, 0.2) is 0 Å². The van der Waals surface area contributed by atoms with E-state index in [1.165, 1.54) is 32.1 Å². The van der Waals surface area contributed by atoms with Gasteiger partial charge in [0.25, 0.3) is 0 Å². The third-order valence-corrected chi connectivity index (χ3v) is 3.56. The third kappa shape index (κ3) is 0.863. The number of carbonyl (C=O) groups is 1. The molecule has 0 aromatic heterocycles. The molecule has 0 aliphatic heterocycles. The lowest BCUT2D eigenvalue weighted by Gasteiger charge is -2.23. The zero-order chi connectivity index (χ0) is 7.90. The van der Waals surface area contributed by atoms with Crippen molar-refractivity contribution in [3.63, 3.8) is 0 Å². The number of carbonyl (C=O) groups excluding carboxylic acids is 1. The lowest BCUT2D eigenvalue weighted by molar-refractivity contribution is -0.126. The van der Waals surface area contributed by atoms with Crippen LogP contribution in [0.25, 0.3) is 0 Å². The van der Waals surface area contributed by atoms with Crippen LogP contribution in [-0.2, 0) is 4.79 Å². The van der Waals surface area contributed by atoms with Crippen molar-refractivity contribution in [1.29, 1.82) is 0 Å². The molecule has 0 heterocycles. The van der Waals surface area contributed by atoms with E-state index in [0.29, 0.717) is 11.7 Å². The lowest BCUT2D eigenvalue weighted by Crippen LogP contribution is -2.21. The van der Waals surface area contributed by atoms with Crippen molar-refractivity contribution >= 4 is 5.78 Å². The van der Waals surface area contributed by atoms with Crippen LogP contribution in [0.2, 0.25) is 0 Å². The topological polar surface area (TPSA) is 17.1 Å². The van der Waals surface area contributed by atoms with Gasteiger partial charge in [0.2, 0.25) is 0 Å². The summed E-state index contributed by atoms with van der Waals surface area (Å²) in [6.45, 7) is 2.19. The van der Waals surface area contributed by atoms with Gasteiger partial charge in [0.1, 0.15) is 5.78 Å². The molecule has 2 aliphatic carbocycles. The quantitative estimate of drug-likeness (QED) is 0.594. The highest BCUT2D eigenvalue weighted by atomic mass is 16.1. The van der Waals surface area contributed by atoms with Crippen LogP contribution in [0.15, 0.2) is 0 Å². The Bertz CT molecular complexity index is 175. The molecular formula is C10H16O. The fourth-order valence-corrected chi connectivity index (χ4v) is 2.96. The van der Waals surface area contributed by atoms with E-state index in [1.54, 1.807) is 0 Å². The molecular weight excluding hydrogens is 136 g/mol. The van der Waals surface area contributed by atoms with Crippen molar-refractivity contribution in [3.8, 4) is 0 Å². The molecule has 0 unspecified atom stereocenters. The van der Waals surface area contributed by atoms with Crippen LogP contribution in [0.3, 0.4) is 0 Å². The van der Waals surface area contributed by atoms with E-state index in [0.717, 1.165) is 6.42 Å². The zero-order valence-electron chi connectivity index (χ0n) is 7.23. The van der Waals surface area contributed by atoms with E-state index in [2.05, 4.69) is 6.92 Å². The molecule has 1 nitrogen and oxygen atoms in total. The molecule has 0 radical (unpaired) electrons. The van der Waals surface area contributed by atoms with E-state index in [9.17, 15) is 4.79 Å². The minimum absolute atomic E-state index is 0.180. The number of Topliss-reactive ketones (excluding diaryl/α,β-unsaturated/α-hetero) is 1. The van der Waals surface area contributed by atoms with Crippen molar-refractivity contribution < 1.29 is 4.79 Å². The summed E-state index contributed by atoms with van der Waals surface area (Å²) < 4.78 is 0. The Morgan fingerprint density at radius 3 is 2.45 bits per heavy atom. The highest BCUT2D eigenvalue weighted by Crippen LogP contribution is 2.53. The van der Waals surface area contributed by atoms with Crippen molar-refractivity contribution in [2.75, 3.05) is 0 Å². The van der Waals surface area contributed by atoms with E-state index < -0.39 is 0 Å². The number of hydrogen-bond donors (Lipinski definition) is 0. The summed E-state index contributed by atoms with van der Waals surface area (Å²) in [6.07, 6.45) is 7.12. The molecule has 2 fully saturated rings. The van der Waals surface area contributed by atoms with Gasteiger partial charge in [-0.15, -0.1) is 0 Å². The minimum atomic E-state index is 0.180. The van der Waals surface area contributed by atoms with E-state index in [4.69, 9.17) is 0 Å². The van der Waals surface area contributed by atoms with Crippen LogP contribution >= 0.6 is 0 Å². The number of fused-ring (bicyclic) bond motifs is 2. The second kappa shape index (κ2) is 2.33. The molecule has 2 aliphatic rings. The highest BCUT2D eigenvalue weighted by Gasteiger charge is 2.51. The van der Waals surface area contributed by atoms with Gasteiger partial charge < -0.3 is 0 Å². The Morgan fingerprint density at radius 1 is 1.45 bits per heavy atom. The molecule has 0 N–H and O–H groups in total. The van der Waals surface area contributed by atoms with Crippen molar-refractivity contribution in [1.82, 2.24) is 0 Å². The predicted octanol–water partition coefficient (Wildman–Crippen LogP) is 2.55. The molecule has 2 saturated carbocycles. The monoisotopic (exact) mass is 152 g/mol. The Hall–Kier alpha value is -0.330. The average molecular weight is 152 g/mol. The fourth-order valence-electron chi connectivity index (χ4n) is 2.96. The number of rotatable bonds is 2. The first-order chi connectivity index (χ1) is 5.28. The molecule has 0 spiro atoms. The van der Waals surface area contributed by atoms with Gasteiger partial charge >= 0.3 is 0 Å². The van der Waals surface area contributed by atoms with Gasteiger partial charge in [-0.25, -0.2) is 0 Å². The van der Waals surface area contributed by atoms with E-state index >= 15 is 0 Å². The summed E-state index contributed by atoms with van der Waals surface area (Å²) in [6, 6.07) is 0. The fraction of sp³-hybridized carbons (Fsp3) is 0.900. The smallest absolute Gasteiger partial charge is 0.142 e. The van der Waals surface area contributed by atoms with E-state index in [-0.39, 0.29) is 5.41 Å². The Morgan fingerprint density at radius 2 is 2.09 bits per heavy atom. The summed E-state index contributed by atoms with van der Waals surface area (Å²) in [5, 5.41) is 0. The Kier molecular flexibility index (Phi) is 1.55. The molecule has 1 heteroatoms. The average Bonchev–Trinajstić information content (AvgIpc) is 2.46. The molecule has 2 bridgehead atoms. The van der Waals surface area contributed by atoms with Crippen LogP contribution in [0.1, 0.15) is 45.4 Å². The molecule has 62 valence electrons. The number of ketones is 1. The third-order valence-electron chi connectivity index (χ3n) is 3.56. The normalized spacial score (nSPS) is 41.9. The Balaban J connectivity index is 2.18. The molecule has 0 saturated heterocycles. The van der Waals surface area contributed by atoms with E-state index in [1.807, 2.05) is 0 Å². The van der Waals surface area contributed by atoms with Gasteiger partial charge in [-0.1, -0.05) is 13.3 Å². The first-order valence-electron chi connectivity index (χ1n) is 4.83. The van der Waals surface area contributed by atoms with Gasteiger partial charge in [0.05, 0.1) is 0 Å². The largest absolute Gasteiger partial charge is 0.299 e. The maximum Gasteiger partial charge on any atom is 0.142 e. The molecule has 0 aromatic rings. The summed E-state index contributed by atoms with van der Waals surface area (Å²) in [7, 11) is 0. The molecule has 2 rings (SSSR count). The molecule has 0 aromatic carbocycles. The SMILES string of the molecule is CCCC12CCC(CC1)C2=O. The maximum atomic E-state index is 11.7. The zero-order valence-corrected chi connectivity index (χ0v) is 7.23. The second-order valence-electron chi connectivity index (χ2n) is 4.17. The molecule has 11 heavy (non-hydrogen) atoms. The van der Waals surface area contributed by atoms with Gasteiger partial charge in [-0.2, -0.15) is 0 Å². The van der Waals surface area contributed by atoms with Crippen molar-refractivity contribution in [2.45, 2.75) is 45.4 Å². The first-order valence-corrected chi connectivity index (χ1v) is 4.83. The summed E-state index contributed by atoms with van der Waals surface area (Å²) in [4.78, 5) is 11.7. The van der Waals surface area contributed by atoms with Crippen molar-refractivity contribution in [3.05, 3.63) is 0 Å². The standard InChI is InChI=1S/C10H16O/c1-2-5-10-6-3-8(4-7-10)9(10)11/h8H,2-7H2,1H3. The number of hydrogen-bond acceptors (Lipinski definition) is 1. The molecule has 0 atom stereocenters.